The van der Waals surface area contributed by atoms with Gasteiger partial charge in [0, 0.05) is 25.2 Å². The van der Waals surface area contributed by atoms with Crippen LogP contribution in [-0.4, -0.2) is 50.3 Å². The Labute approximate surface area is 167 Å². The van der Waals surface area contributed by atoms with Crippen LogP contribution in [0.25, 0.3) is 0 Å². The molecule has 1 saturated heterocycles. The highest BCUT2D eigenvalue weighted by molar-refractivity contribution is 7.89. The lowest BCUT2D eigenvalue weighted by Gasteiger charge is -2.34. The second-order valence-corrected chi connectivity index (χ2v) is 9.77. The summed E-state index contributed by atoms with van der Waals surface area (Å²) in [5.74, 6) is -0.0832. The van der Waals surface area contributed by atoms with Crippen molar-refractivity contribution >= 4 is 21.9 Å². The largest absolute Gasteiger partial charge is 0.463 e. The average Bonchev–Trinajstić information content (AvgIpc) is 2.60. The van der Waals surface area contributed by atoms with Crippen LogP contribution in [0.1, 0.15) is 50.9 Å². The Morgan fingerprint density at radius 3 is 2.25 bits per heavy atom. The predicted molar refractivity (Wildman–Crippen MR) is 106 cm³/mol. The van der Waals surface area contributed by atoms with Gasteiger partial charge in [-0.15, -0.1) is 0 Å². The van der Waals surface area contributed by atoms with E-state index in [9.17, 15) is 18.0 Å². The highest BCUT2D eigenvalue weighted by atomic mass is 32.2. The summed E-state index contributed by atoms with van der Waals surface area (Å²) in [7, 11) is -3.57. The smallest absolute Gasteiger partial charge is 0.307 e. The Balaban J connectivity index is 1.96. The minimum absolute atomic E-state index is 0.0850. The maximum atomic E-state index is 12.9. The van der Waals surface area contributed by atoms with Crippen molar-refractivity contribution in [2.75, 3.05) is 19.6 Å². The number of hydrogen-bond donors (Lipinski definition) is 1. The van der Waals surface area contributed by atoms with E-state index in [1.807, 2.05) is 0 Å². The number of rotatable bonds is 7. The molecule has 1 fully saturated rings. The van der Waals surface area contributed by atoms with Gasteiger partial charge >= 0.3 is 5.97 Å². The molecule has 0 aromatic heterocycles. The average molecular weight is 411 g/mol. The molecule has 2 atom stereocenters. The van der Waals surface area contributed by atoms with Gasteiger partial charge in [0.2, 0.25) is 10.0 Å². The summed E-state index contributed by atoms with van der Waals surface area (Å²) >= 11 is 0. The van der Waals surface area contributed by atoms with Crippen molar-refractivity contribution < 1.29 is 22.7 Å². The fourth-order valence-electron chi connectivity index (χ4n) is 3.43. The molecule has 1 aliphatic rings. The summed E-state index contributed by atoms with van der Waals surface area (Å²) in [6.07, 6.45) is 0.918. The van der Waals surface area contributed by atoms with Gasteiger partial charge in [-0.3, -0.25) is 9.59 Å². The summed E-state index contributed by atoms with van der Waals surface area (Å²) in [5, 5.41) is 2.64. The second kappa shape index (κ2) is 9.52. The first-order valence-electron chi connectivity index (χ1n) is 9.67. The van der Waals surface area contributed by atoms with E-state index < -0.39 is 10.0 Å². The number of ether oxygens (including phenoxy) is 1. The first kappa shape index (κ1) is 22.4. The van der Waals surface area contributed by atoms with Gasteiger partial charge < -0.3 is 10.1 Å². The minimum atomic E-state index is -3.57. The van der Waals surface area contributed by atoms with Gasteiger partial charge in [0.25, 0.3) is 5.91 Å². The molecule has 0 aliphatic carbocycles. The van der Waals surface area contributed by atoms with E-state index in [-0.39, 0.29) is 35.8 Å². The number of esters is 1. The SMILES string of the molecule is CC1CC(C)CN(S(=O)(=O)c2ccc(C(=O)NCCC(=O)OC(C)C)cc2)C1. The second-order valence-electron chi connectivity index (χ2n) is 7.84. The first-order chi connectivity index (χ1) is 13.1. The summed E-state index contributed by atoms with van der Waals surface area (Å²) in [6, 6.07) is 5.90. The molecule has 1 heterocycles. The zero-order valence-corrected chi connectivity index (χ0v) is 17.8. The number of carbonyl (C=O) groups excluding carboxylic acids is 2. The molecule has 28 heavy (non-hydrogen) atoms. The van der Waals surface area contributed by atoms with Gasteiger partial charge in [0.1, 0.15) is 0 Å². The minimum Gasteiger partial charge on any atom is -0.463 e. The zero-order valence-electron chi connectivity index (χ0n) is 17.0. The van der Waals surface area contributed by atoms with E-state index in [0.29, 0.717) is 30.5 Å². The summed E-state index contributed by atoms with van der Waals surface area (Å²) in [4.78, 5) is 23.8. The molecule has 2 rings (SSSR count). The molecule has 7 nitrogen and oxygen atoms in total. The Morgan fingerprint density at radius 2 is 1.71 bits per heavy atom. The lowest BCUT2D eigenvalue weighted by molar-refractivity contribution is -0.147. The van der Waals surface area contributed by atoms with Crippen LogP contribution in [0.2, 0.25) is 0 Å². The highest BCUT2D eigenvalue weighted by Crippen LogP contribution is 2.26. The van der Waals surface area contributed by atoms with E-state index in [2.05, 4.69) is 19.2 Å². The monoisotopic (exact) mass is 410 g/mol. The molecule has 1 amide bonds. The molecule has 1 aliphatic heterocycles. The number of carbonyl (C=O) groups is 2. The lowest BCUT2D eigenvalue weighted by Crippen LogP contribution is -2.42. The van der Waals surface area contributed by atoms with Crippen LogP contribution >= 0.6 is 0 Å². The van der Waals surface area contributed by atoms with Crippen molar-refractivity contribution in [2.45, 2.75) is 51.5 Å². The van der Waals surface area contributed by atoms with Crippen LogP contribution in [0.4, 0.5) is 0 Å². The molecular weight excluding hydrogens is 380 g/mol. The normalized spacial score (nSPS) is 20.8. The number of benzene rings is 1. The summed E-state index contributed by atoms with van der Waals surface area (Å²) in [6.45, 7) is 8.83. The van der Waals surface area contributed by atoms with Crippen LogP contribution in [-0.2, 0) is 19.6 Å². The maximum absolute atomic E-state index is 12.9. The van der Waals surface area contributed by atoms with E-state index in [1.165, 1.54) is 28.6 Å². The van der Waals surface area contributed by atoms with E-state index in [1.54, 1.807) is 13.8 Å². The number of nitrogens with one attached hydrogen (secondary N) is 1. The molecule has 1 N–H and O–H groups in total. The quantitative estimate of drug-likeness (QED) is 0.697. The van der Waals surface area contributed by atoms with E-state index >= 15 is 0 Å². The third-order valence-corrected chi connectivity index (χ3v) is 6.42. The van der Waals surface area contributed by atoms with Crippen LogP contribution in [0, 0.1) is 11.8 Å². The Kier molecular flexibility index (Phi) is 7.60. The van der Waals surface area contributed by atoms with Crippen molar-refractivity contribution in [1.29, 1.82) is 0 Å². The fraction of sp³-hybridized carbons (Fsp3) is 0.600. The van der Waals surface area contributed by atoms with Crippen LogP contribution in [0.3, 0.4) is 0 Å². The van der Waals surface area contributed by atoms with Crippen molar-refractivity contribution in [3.63, 3.8) is 0 Å². The first-order valence-corrected chi connectivity index (χ1v) is 11.1. The third-order valence-electron chi connectivity index (χ3n) is 4.57. The van der Waals surface area contributed by atoms with Gasteiger partial charge in [-0.2, -0.15) is 4.31 Å². The third kappa shape index (κ3) is 6.04. The highest BCUT2D eigenvalue weighted by Gasteiger charge is 2.31. The number of nitrogens with zero attached hydrogens (tertiary/aromatic N) is 1. The summed E-state index contributed by atoms with van der Waals surface area (Å²) in [5.41, 5.74) is 0.344. The molecule has 2 unspecified atom stereocenters. The fourth-order valence-corrected chi connectivity index (χ4v) is 5.11. The molecule has 0 spiro atoms. The predicted octanol–water partition coefficient (Wildman–Crippen LogP) is 2.42. The van der Waals surface area contributed by atoms with Crippen LogP contribution in [0.5, 0.6) is 0 Å². The number of amides is 1. The van der Waals surface area contributed by atoms with Gasteiger partial charge in [-0.1, -0.05) is 13.8 Å². The standard InChI is InChI=1S/C20H30N2O5S/c1-14(2)27-19(23)9-10-21-20(24)17-5-7-18(8-6-17)28(25,26)22-12-15(3)11-16(4)13-22/h5-8,14-16H,9-13H2,1-4H3,(H,21,24). The zero-order chi connectivity index (χ0) is 20.9. The molecule has 1 aromatic carbocycles. The molecule has 0 radical (unpaired) electrons. The van der Waals surface area contributed by atoms with Crippen molar-refractivity contribution in [3.05, 3.63) is 29.8 Å². The van der Waals surface area contributed by atoms with E-state index in [0.717, 1.165) is 6.42 Å². The maximum Gasteiger partial charge on any atom is 0.307 e. The molecular formula is C20H30N2O5S. The Bertz CT molecular complexity index is 779. The topological polar surface area (TPSA) is 92.8 Å². The molecule has 156 valence electrons. The molecule has 0 saturated carbocycles. The van der Waals surface area contributed by atoms with Gasteiger partial charge in [0.15, 0.2) is 0 Å². The lowest BCUT2D eigenvalue weighted by atomic mass is 9.94. The van der Waals surface area contributed by atoms with Crippen molar-refractivity contribution in [1.82, 2.24) is 9.62 Å². The number of sulfonamides is 1. The number of hydrogen-bond acceptors (Lipinski definition) is 5. The van der Waals surface area contributed by atoms with Crippen LogP contribution < -0.4 is 5.32 Å². The summed E-state index contributed by atoms with van der Waals surface area (Å²) < 4.78 is 32.3. The molecule has 8 heteroatoms. The molecule has 0 bridgehead atoms. The van der Waals surface area contributed by atoms with Crippen LogP contribution in [0.15, 0.2) is 29.2 Å². The van der Waals surface area contributed by atoms with E-state index in [4.69, 9.17) is 4.74 Å². The Hall–Kier alpha value is -1.93. The van der Waals surface area contributed by atoms with Gasteiger partial charge in [-0.25, -0.2) is 8.42 Å². The van der Waals surface area contributed by atoms with Crippen molar-refractivity contribution in [2.24, 2.45) is 11.8 Å². The molecule has 1 aromatic rings. The van der Waals surface area contributed by atoms with Gasteiger partial charge in [-0.05, 0) is 56.4 Å². The number of piperidine rings is 1. The van der Waals surface area contributed by atoms with Crippen molar-refractivity contribution in [3.8, 4) is 0 Å². The van der Waals surface area contributed by atoms with Gasteiger partial charge in [0.05, 0.1) is 17.4 Å². The Morgan fingerprint density at radius 1 is 1.14 bits per heavy atom.